The van der Waals surface area contributed by atoms with E-state index >= 15 is 0 Å². The molecule has 1 aliphatic carbocycles. The smallest absolute Gasteiger partial charge is 0.282 e. The SMILES string of the molecule is Fc1ccc(-c2noc(Cn3nc(C(F)F)cc3C3CC3)n2)cc1. The van der Waals surface area contributed by atoms with Crippen LogP contribution in [0.15, 0.2) is 34.9 Å². The van der Waals surface area contributed by atoms with Crippen molar-refractivity contribution in [1.82, 2.24) is 19.9 Å². The van der Waals surface area contributed by atoms with Crippen molar-refractivity contribution in [3.63, 3.8) is 0 Å². The van der Waals surface area contributed by atoms with E-state index in [1.807, 2.05) is 0 Å². The van der Waals surface area contributed by atoms with E-state index in [-0.39, 0.29) is 29.9 Å². The maximum Gasteiger partial charge on any atom is 0.282 e. The number of hydrogen-bond acceptors (Lipinski definition) is 4. The lowest BCUT2D eigenvalue weighted by molar-refractivity contribution is 0.145. The van der Waals surface area contributed by atoms with Crippen LogP contribution in [0.25, 0.3) is 11.4 Å². The van der Waals surface area contributed by atoms with Crippen LogP contribution in [0.1, 0.15) is 42.5 Å². The monoisotopic (exact) mass is 334 g/mol. The quantitative estimate of drug-likeness (QED) is 0.709. The van der Waals surface area contributed by atoms with Crippen LogP contribution in [-0.4, -0.2) is 19.9 Å². The molecule has 0 N–H and O–H groups in total. The van der Waals surface area contributed by atoms with Crippen LogP contribution >= 0.6 is 0 Å². The number of benzene rings is 1. The summed E-state index contributed by atoms with van der Waals surface area (Å²) in [5.41, 5.74) is 1.14. The van der Waals surface area contributed by atoms with E-state index in [1.165, 1.54) is 22.9 Å². The summed E-state index contributed by atoms with van der Waals surface area (Å²) in [5, 5.41) is 7.80. The van der Waals surface area contributed by atoms with Gasteiger partial charge in [-0.05, 0) is 43.2 Å². The Morgan fingerprint density at radius 3 is 2.62 bits per heavy atom. The third kappa shape index (κ3) is 2.91. The highest BCUT2D eigenvalue weighted by atomic mass is 19.3. The van der Waals surface area contributed by atoms with E-state index in [2.05, 4.69) is 15.2 Å². The zero-order chi connectivity index (χ0) is 16.7. The first-order valence-corrected chi connectivity index (χ1v) is 7.54. The fourth-order valence-electron chi connectivity index (χ4n) is 2.56. The second-order valence-corrected chi connectivity index (χ2v) is 5.75. The first kappa shape index (κ1) is 14.9. The van der Waals surface area contributed by atoms with Crippen LogP contribution in [0.2, 0.25) is 0 Å². The zero-order valence-corrected chi connectivity index (χ0v) is 12.5. The molecule has 0 spiro atoms. The van der Waals surface area contributed by atoms with Gasteiger partial charge in [0.15, 0.2) is 0 Å². The van der Waals surface area contributed by atoms with Gasteiger partial charge < -0.3 is 4.52 Å². The maximum absolute atomic E-state index is 13.0. The molecule has 0 aliphatic heterocycles. The van der Waals surface area contributed by atoms with Crippen molar-refractivity contribution in [2.24, 2.45) is 0 Å². The van der Waals surface area contributed by atoms with E-state index in [0.717, 1.165) is 18.5 Å². The second-order valence-electron chi connectivity index (χ2n) is 5.75. The summed E-state index contributed by atoms with van der Waals surface area (Å²) >= 11 is 0. The summed E-state index contributed by atoms with van der Waals surface area (Å²) in [6.45, 7) is 0.132. The van der Waals surface area contributed by atoms with Gasteiger partial charge in [0.2, 0.25) is 11.7 Å². The number of hydrogen-bond donors (Lipinski definition) is 0. The van der Waals surface area contributed by atoms with Gasteiger partial charge in [0.25, 0.3) is 6.43 Å². The Hall–Kier alpha value is -2.64. The number of alkyl halides is 2. The molecule has 4 rings (SSSR count). The molecule has 0 bridgehead atoms. The van der Waals surface area contributed by atoms with Crippen LogP contribution in [-0.2, 0) is 6.54 Å². The van der Waals surface area contributed by atoms with E-state index in [9.17, 15) is 13.2 Å². The molecule has 1 fully saturated rings. The Morgan fingerprint density at radius 2 is 1.96 bits per heavy atom. The van der Waals surface area contributed by atoms with E-state index in [0.29, 0.717) is 11.4 Å². The summed E-state index contributed by atoms with van der Waals surface area (Å²) in [6, 6.07) is 7.14. The van der Waals surface area contributed by atoms with Gasteiger partial charge in [-0.15, -0.1) is 0 Å². The largest absolute Gasteiger partial charge is 0.337 e. The standard InChI is InChI=1S/C16H13F3N4O/c17-11-5-3-10(4-6-11)16-20-14(24-22-16)8-23-13(9-1-2-9)7-12(21-23)15(18)19/h3-7,9,15H,1-2,8H2. The van der Waals surface area contributed by atoms with Gasteiger partial charge in [0.05, 0.1) is 0 Å². The van der Waals surface area contributed by atoms with E-state index < -0.39 is 6.43 Å². The van der Waals surface area contributed by atoms with E-state index in [4.69, 9.17) is 4.52 Å². The molecule has 5 nitrogen and oxygen atoms in total. The average Bonchev–Trinajstić information content (AvgIpc) is 3.15. The predicted octanol–water partition coefficient (Wildman–Crippen LogP) is 3.94. The number of aromatic nitrogens is 4. The molecular formula is C16H13F3N4O. The van der Waals surface area contributed by atoms with Gasteiger partial charge in [0, 0.05) is 17.2 Å². The van der Waals surface area contributed by atoms with Crippen molar-refractivity contribution in [3.8, 4) is 11.4 Å². The summed E-state index contributed by atoms with van der Waals surface area (Å²) in [5.74, 6) is 0.497. The van der Waals surface area contributed by atoms with Gasteiger partial charge in [0.1, 0.15) is 18.1 Å². The third-order valence-corrected chi connectivity index (χ3v) is 3.90. The number of halogens is 3. The molecule has 24 heavy (non-hydrogen) atoms. The maximum atomic E-state index is 13.0. The summed E-state index contributed by atoms with van der Waals surface area (Å²) in [6.07, 6.45) is -0.667. The van der Waals surface area contributed by atoms with Crippen molar-refractivity contribution >= 4 is 0 Å². The van der Waals surface area contributed by atoms with Crippen molar-refractivity contribution in [1.29, 1.82) is 0 Å². The molecule has 1 aliphatic rings. The van der Waals surface area contributed by atoms with Crippen LogP contribution in [0.4, 0.5) is 13.2 Å². The Kier molecular flexibility index (Phi) is 3.59. The van der Waals surface area contributed by atoms with Crippen LogP contribution < -0.4 is 0 Å². The topological polar surface area (TPSA) is 56.7 Å². The Labute approximate surface area is 135 Å². The summed E-state index contributed by atoms with van der Waals surface area (Å²) in [4.78, 5) is 4.23. The van der Waals surface area contributed by atoms with Gasteiger partial charge in [-0.2, -0.15) is 10.1 Å². The van der Waals surface area contributed by atoms with Crippen LogP contribution in [0, 0.1) is 5.82 Å². The molecule has 0 unspecified atom stereocenters. The number of rotatable bonds is 5. The van der Waals surface area contributed by atoms with Crippen LogP contribution in [0.5, 0.6) is 0 Å². The predicted molar refractivity (Wildman–Crippen MR) is 78.0 cm³/mol. The first-order valence-electron chi connectivity index (χ1n) is 7.54. The third-order valence-electron chi connectivity index (χ3n) is 3.90. The molecule has 0 amide bonds. The minimum absolute atomic E-state index is 0.132. The van der Waals surface area contributed by atoms with Gasteiger partial charge in [-0.3, -0.25) is 4.68 Å². The molecule has 0 radical (unpaired) electrons. The highest BCUT2D eigenvalue weighted by Gasteiger charge is 2.30. The molecule has 3 aromatic rings. The fraction of sp³-hybridized carbons (Fsp3) is 0.312. The zero-order valence-electron chi connectivity index (χ0n) is 12.5. The second kappa shape index (κ2) is 5.77. The highest BCUT2D eigenvalue weighted by Crippen LogP contribution is 2.41. The Balaban J connectivity index is 1.59. The van der Waals surface area contributed by atoms with Crippen LogP contribution in [0.3, 0.4) is 0 Å². The lowest BCUT2D eigenvalue weighted by atomic mass is 10.2. The molecule has 1 saturated carbocycles. The molecule has 0 atom stereocenters. The molecule has 2 aromatic heterocycles. The Bertz CT molecular complexity index is 853. The summed E-state index contributed by atoms with van der Waals surface area (Å²) in [7, 11) is 0. The van der Waals surface area contributed by atoms with Crippen molar-refractivity contribution < 1.29 is 17.7 Å². The minimum atomic E-state index is -2.61. The lowest BCUT2D eigenvalue weighted by Crippen LogP contribution is -2.06. The summed E-state index contributed by atoms with van der Waals surface area (Å²) < 4.78 is 45.4. The molecule has 2 heterocycles. The van der Waals surface area contributed by atoms with Crippen molar-refractivity contribution in [2.45, 2.75) is 31.7 Å². The van der Waals surface area contributed by atoms with Crippen molar-refractivity contribution in [2.75, 3.05) is 0 Å². The van der Waals surface area contributed by atoms with E-state index in [1.54, 1.807) is 12.1 Å². The van der Waals surface area contributed by atoms with Gasteiger partial charge >= 0.3 is 0 Å². The van der Waals surface area contributed by atoms with Gasteiger partial charge in [-0.1, -0.05) is 5.16 Å². The molecular weight excluding hydrogens is 321 g/mol. The molecule has 1 aromatic carbocycles. The van der Waals surface area contributed by atoms with Crippen molar-refractivity contribution in [3.05, 3.63) is 53.4 Å². The number of nitrogens with zero attached hydrogens (tertiary/aromatic N) is 4. The first-order chi connectivity index (χ1) is 11.6. The average molecular weight is 334 g/mol. The minimum Gasteiger partial charge on any atom is -0.337 e. The molecule has 8 heteroatoms. The Morgan fingerprint density at radius 1 is 1.21 bits per heavy atom. The highest BCUT2D eigenvalue weighted by molar-refractivity contribution is 5.53. The fourth-order valence-corrected chi connectivity index (χ4v) is 2.56. The molecule has 0 saturated heterocycles. The molecule has 124 valence electrons. The lowest BCUT2D eigenvalue weighted by Gasteiger charge is -2.02. The van der Waals surface area contributed by atoms with Gasteiger partial charge in [-0.25, -0.2) is 13.2 Å². The normalized spacial score (nSPS) is 14.5.